The van der Waals surface area contributed by atoms with Crippen LogP contribution >= 0.6 is 0 Å². The number of rotatable bonds is 6. The highest BCUT2D eigenvalue weighted by Gasteiger charge is 2.18. The second-order valence-electron chi connectivity index (χ2n) is 7.98. The summed E-state index contributed by atoms with van der Waals surface area (Å²) in [4.78, 5) is 15.1. The predicted octanol–water partition coefficient (Wildman–Crippen LogP) is 4.32. The maximum atomic E-state index is 12.7. The predicted molar refractivity (Wildman–Crippen MR) is 123 cm³/mol. The van der Waals surface area contributed by atoms with E-state index in [4.69, 9.17) is 9.47 Å². The van der Waals surface area contributed by atoms with Gasteiger partial charge in [0, 0.05) is 36.4 Å². The fourth-order valence-corrected chi connectivity index (χ4v) is 4.21. The molecule has 0 bridgehead atoms. The summed E-state index contributed by atoms with van der Waals surface area (Å²) in [5, 5.41) is 3.10. The summed E-state index contributed by atoms with van der Waals surface area (Å²) in [7, 11) is 3.19. The summed E-state index contributed by atoms with van der Waals surface area (Å²) in [5.41, 5.74) is 6.41. The van der Waals surface area contributed by atoms with Gasteiger partial charge in [-0.15, -0.1) is 0 Å². The van der Waals surface area contributed by atoms with Gasteiger partial charge in [-0.2, -0.15) is 0 Å². The van der Waals surface area contributed by atoms with E-state index in [-0.39, 0.29) is 12.3 Å². The molecule has 6 heteroatoms. The van der Waals surface area contributed by atoms with Crippen molar-refractivity contribution in [3.05, 3.63) is 71.0 Å². The number of nitrogens with zero attached hydrogens (tertiary/aromatic N) is 2. The number of carbonyl (C=O) groups excluding carboxylic acids is 1. The van der Waals surface area contributed by atoms with Gasteiger partial charge in [0.25, 0.3) is 0 Å². The Labute approximate surface area is 183 Å². The van der Waals surface area contributed by atoms with Crippen LogP contribution < -0.4 is 19.7 Å². The molecule has 3 aromatic rings. The molecule has 0 saturated carbocycles. The summed E-state index contributed by atoms with van der Waals surface area (Å²) < 4.78 is 12.9. The SMILES string of the molecule is COc1ccc(CC(=O)Nc2c(C)cc(N3CCn4cccc4C3)cc2C)cc1OC. The molecule has 1 aliphatic rings. The maximum absolute atomic E-state index is 12.7. The lowest BCUT2D eigenvalue weighted by atomic mass is 10.1. The summed E-state index contributed by atoms with van der Waals surface area (Å²) >= 11 is 0. The van der Waals surface area contributed by atoms with Crippen LogP contribution in [0.1, 0.15) is 22.4 Å². The first-order chi connectivity index (χ1) is 15.0. The van der Waals surface area contributed by atoms with Crippen LogP contribution in [0.4, 0.5) is 11.4 Å². The standard InChI is InChI=1S/C25H29N3O3/c1-17-12-21(28-11-10-27-9-5-6-20(27)16-28)13-18(2)25(17)26-24(29)15-19-7-8-22(30-3)23(14-19)31-4/h5-9,12-14H,10-11,15-16H2,1-4H3,(H,26,29). The number of aromatic nitrogens is 1. The highest BCUT2D eigenvalue weighted by atomic mass is 16.5. The van der Waals surface area contributed by atoms with Gasteiger partial charge in [-0.3, -0.25) is 4.79 Å². The second-order valence-corrected chi connectivity index (χ2v) is 7.98. The van der Waals surface area contributed by atoms with E-state index in [2.05, 4.69) is 59.1 Å². The molecule has 2 heterocycles. The minimum atomic E-state index is -0.0537. The zero-order valence-corrected chi connectivity index (χ0v) is 18.6. The van der Waals surface area contributed by atoms with Crippen molar-refractivity contribution < 1.29 is 14.3 Å². The Kier molecular flexibility index (Phi) is 5.89. The van der Waals surface area contributed by atoms with Gasteiger partial charge in [-0.25, -0.2) is 0 Å². The molecular weight excluding hydrogens is 390 g/mol. The van der Waals surface area contributed by atoms with E-state index >= 15 is 0 Å². The van der Waals surface area contributed by atoms with Crippen LogP contribution in [0.25, 0.3) is 0 Å². The molecule has 0 radical (unpaired) electrons. The lowest BCUT2D eigenvalue weighted by molar-refractivity contribution is -0.115. The molecule has 1 aromatic heterocycles. The third-order valence-electron chi connectivity index (χ3n) is 5.85. The van der Waals surface area contributed by atoms with Crippen LogP contribution in [-0.2, 0) is 24.3 Å². The van der Waals surface area contributed by atoms with E-state index in [1.165, 1.54) is 11.4 Å². The van der Waals surface area contributed by atoms with Crippen molar-refractivity contribution in [3.63, 3.8) is 0 Å². The number of amides is 1. The van der Waals surface area contributed by atoms with E-state index in [1.54, 1.807) is 14.2 Å². The lowest BCUT2D eigenvalue weighted by Gasteiger charge is -2.31. The average Bonchev–Trinajstić information content (AvgIpc) is 3.24. The van der Waals surface area contributed by atoms with Gasteiger partial charge < -0.3 is 24.3 Å². The maximum Gasteiger partial charge on any atom is 0.228 e. The van der Waals surface area contributed by atoms with Crippen LogP contribution in [0.2, 0.25) is 0 Å². The fraction of sp³-hybridized carbons (Fsp3) is 0.320. The molecule has 1 aliphatic heterocycles. The Hall–Kier alpha value is -3.41. The fourth-order valence-electron chi connectivity index (χ4n) is 4.21. The van der Waals surface area contributed by atoms with Crippen molar-refractivity contribution in [3.8, 4) is 11.5 Å². The van der Waals surface area contributed by atoms with Crippen molar-refractivity contribution in [1.82, 2.24) is 4.57 Å². The number of ether oxygens (including phenoxy) is 2. The van der Waals surface area contributed by atoms with Gasteiger partial charge in [-0.05, 0) is 66.9 Å². The van der Waals surface area contributed by atoms with Crippen LogP contribution in [-0.4, -0.2) is 31.2 Å². The minimum Gasteiger partial charge on any atom is -0.493 e. The van der Waals surface area contributed by atoms with Crippen LogP contribution in [0.15, 0.2) is 48.7 Å². The van der Waals surface area contributed by atoms with E-state index in [9.17, 15) is 4.79 Å². The number of carbonyl (C=O) groups is 1. The average molecular weight is 420 g/mol. The molecule has 0 spiro atoms. The molecule has 0 fully saturated rings. The highest BCUT2D eigenvalue weighted by Crippen LogP contribution is 2.30. The summed E-state index contributed by atoms with van der Waals surface area (Å²) in [6.07, 6.45) is 2.41. The molecular formula is C25H29N3O3. The van der Waals surface area contributed by atoms with Gasteiger partial charge in [0.1, 0.15) is 0 Å². The number of aryl methyl sites for hydroxylation is 2. The van der Waals surface area contributed by atoms with Crippen molar-refractivity contribution >= 4 is 17.3 Å². The number of anilines is 2. The number of nitrogens with one attached hydrogen (secondary N) is 1. The van der Waals surface area contributed by atoms with Crippen molar-refractivity contribution in [1.29, 1.82) is 0 Å². The Bertz CT molecular complexity index is 1080. The van der Waals surface area contributed by atoms with E-state index in [0.29, 0.717) is 11.5 Å². The topological polar surface area (TPSA) is 55.7 Å². The summed E-state index contributed by atoms with van der Waals surface area (Å²) in [6.45, 7) is 6.97. The van der Waals surface area contributed by atoms with Crippen molar-refractivity contribution in [2.45, 2.75) is 33.4 Å². The van der Waals surface area contributed by atoms with E-state index < -0.39 is 0 Å². The molecule has 0 atom stereocenters. The summed E-state index contributed by atoms with van der Waals surface area (Å²) in [5.74, 6) is 1.22. The first-order valence-electron chi connectivity index (χ1n) is 10.5. The van der Waals surface area contributed by atoms with Gasteiger partial charge in [0.15, 0.2) is 11.5 Å². The molecule has 4 rings (SSSR count). The zero-order chi connectivity index (χ0) is 22.0. The molecule has 0 saturated heterocycles. The third kappa shape index (κ3) is 4.38. The Morgan fingerprint density at radius 2 is 1.74 bits per heavy atom. The van der Waals surface area contributed by atoms with E-state index in [1.807, 2.05) is 18.2 Å². The largest absolute Gasteiger partial charge is 0.493 e. The smallest absolute Gasteiger partial charge is 0.228 e. The van der Waals surface area contributed by atoms with E-state index in [0.717, 1.165) is 42.0 Å². The Morgan fingerprint density at radius 1 is 1.00 bits per heavy atom. The molecule has 1 N–H and O–H groups in total. The third-order valence-corrected chi connectivity index (χ3v) is 5.85. The van der Waals surface area contributed by atoms with Crippen LogP contribution in [0, 0.1) is 13.8 Å². The number of methoxy groups -OCH3 is 2. The first-order valence-corrected chi connectivity index (χ1v) is 10.5. The normalized spacial score (nSPS) is 13.0. The van der Waals surface area contributed by atoms with Gasteiger partial charge in [-0.1, -0.05) is 6.07 Å². The molecule has 0 aliphatic carbocycles. The minimum absolute atomic E-state index is 0.0537. The Morgan fingerprint density at radius 3 is 2.45 bits per heavy atom. The zero-order valence-electron chi connectivity index (χ0n) is 18.6. The molecule has 162 valence electrons. The summed E-state index contributed by atoms with van der Waals surface area (Å²) in [6, 6.07) is 14.2. The number of hydrogen-bond donors (Lipinski definition) is 1. The monoisotopic (exact) mass is 419 g/mol. The second kappa shape index (κ2) is 8.76. The Balaban J connectivity index is 1.47. The molecule has 1 amide bonds. The van der Waals surface area contributed by atoms with Crippen LogP contribution in [0.3, 0.4) is 0 Å². The molecule has 31 heavy (non-hydrogen) atoms. The lowest BCUT2D eigenvalue weighted by Crippen LogP contribution is -2.33. The number of fused-ring (bicyclic) bond motifs is 1. The molecule has 0 unspecified atom stereocenters. The number of hydrogen-bond acceptors (Lipinski definition) is 4. The highest BCUT2D eigenvalue weighted by molar-refractivity contribution is 5.94. The van der Waals surface area contributed by atoms with Crippen LogP contribution in [0.5, 0.6) is 11.5 Å². The first kappa shape index (κ1) is 20.8. The molecule has 6 nitrogen and oxygen atoms in total. The molecule has 2 aromatic carbocycles. The quantitative estimate of drug-likeness (QED) is 0.646. The van der Waals surface area contributed by atoms with Gasteiger partial charge >= 0.3 is 0 Å². The number of benzene rings is 2. The van der Waals surface area contributed by atoms with Crippen molar-refractivity contribution in [2.24, 2.45) is 0 Å². The van der Waals surface area contributed by atoms with Gasteiger partial charge in [0.2, 0.25) is 5.91 Å². The van der Waals surface area contributed by atoms with Gasteiger partial charge in [0.05, 0.1) is 27.2 Å². The van der Waals surface area contributed by atoms with Crippen molar-refractivity contribution in [2.75, 3.05) is 31.0 Å².